The lowest BCUT2D eigenvalue weighted by Gasteiger charge is -2.39. The van der Waals surface area contributed by atoms with Crippen molar-refractivity contribution in [1.29, 1.82) is 0 Å². The van der Waals surface area contributed by atoms with Crippen molar-refractivity contribution in [2.24, 2.45) is 32.9 Å². The van der Waals surface area contributed by atoms with Crippen LogP contribution >= 0.6 is 0 Å². The van der Waals surface area contributed by atoms with E-state index in [1.165, 1.54) is 11.9 Å². The number of amides is 4. The maximum atomic E-state index is 12.5. The van der Waals surface area contributed by atoms with E-state index in [0.29, 0.717) is 19.4 Å². The molecule has 0 aromatic rings. The number of nitrogens with one attached hydrogen (secondary N) is 2. The number of nitrogens with two attached hydrogens (primary N) is 4. The third-order valence-electron chi connectivity index (χ3n) is 4.09. The van der Waals surface area contributed by atoms with Crippen LogP contribution in [0.3, 0.4) is 0 Å². The second kappa shape index (κ2) is 8.99. The fourth-order valence-electron chi connectivity index (χ4n) is 2.33. The molecule has 2 unspecified atom stereocenters. The van der Waals surface area contributed by atoms with Crippen molar-refractivity contribution in [3.63, 3.8) is 0 Å². The quantitative estimate of drug-likeness (QED) is 0.158. The summed E-state index contributed by atoms with van der Waals surface area (Å²) in [6, 6.07) is -1.23. The number of hydrogen-bond donors (Lipinski definition) is 6. The van der Waals surface area contributed by atoms with E-state index >= 15 is 0 Å². The monoisotopic (exact) mass is 369 g/mol. The van der Waals surface area contributed by atoms with Crippen LogP contribution in [0.4, 0.5) is 4.79 Å². The molecule has 0 bridgehead atoms. The standard InChI is InChI=1S/C14H27N9O3/c1-14(7-20-13(21-10(14)25)22-12(18)26)23(2)9(24)6-8(15)4-3-5-19-11(16)17/h8H,3-7,15H2,1-2H3,(H4,16,17,19)(H4,18,20,21,22,25,26). The van der Waals surface area contributed by atoms with Crippen LogP contribution in [0, 0.1) is 0 Å². The van der Waals surface area contributed by atoms with Gasteiger partial charge in [0.15, 0.2) is 5.96 Å². The number of likely N-dealkylation sites (N-methyl/N-ethyl adjacent to an activating group) is 1. The van der Waals surface area contributed by atoms with E-state index in [9.17, 15) is 14.4 Å². The molecule has 146 valence electrons. The number of nitrogens with zero attached hydrogens (tertiary/aromatic N) is 3. The Kier molecular flexibility index (Phi) is 7.31. The highest BCUT2D eigenvalue weighted by molar-refractivity contribution is 6.08. The van der Waals surface area contributed by atoms with E-state index in [0.717, 1.165) is 0 Å². The Bertz CT molecular complexity index is 615. The minimum Gasteiger partial charge on any atom is -0.370 e. The van der Waals surface area contributed by atoms with Crippen molar-refractivity contribution < 1.29 is 14.4 Å². The topological polar surface area (TPSA) is 207 Å². The van der Waals surface area contributed by atoms with Gasteiger partial charge in [-0.25, -0.2) is 9.79 Å². The van der Waals surface area contributed by atoms with Crippen molar-refractivity contribution in [2.75, 3.05) is 20.1 Å². The van der Waals surface area contributed by atoms with Gasteiger partial charge in [0.1, 0.15) is 5.54 Å². The molecule has 26 heavy (non-hydrogen) atoms. The summed E-state index contributed by atoms with van der Waals surface area (Å²) in [4.78, 5) is 44.9. The van der Waals surface area contributed by atoms with Gasteiger partial charge in [0.2, 0.25) is 11.9 Å². The van der Waals surface area contributed by atoms with Crippen molar-refractivity contribution in [3.8, 4) is 0 Å². The molecule has 2 atom stereocenters. The molecule has 1 aliphatic heterocycles. The molecular weight excluding hydrogens is 342 g/mol. The van der Waals surface area contributed by atoms with Crippen LogP contribution in [-0.2, 0) is 9.59 Å². The van der Waals surface area contributed by atoms with Gasteiger partial charge in [-0.05, 0) is 19.8 Å². The smallest absolute Gasteiger partial charge is 0.318 e. The second-order valence-corrected chi connectivity index (χ2v) is 6.25. The molecule has 1 aliphatic rings. The summed E-state index contributed by atoms with van der Waals surface area (Å²) in [6.45, 7) is 2.00. The fourth-order valence-corrected chi connectivity index (χ4v) is 2.33. The average Bonchev–Trinajstić information content (AvgIpc) is 2.53. The Morgan fingerprint density at radius 3 is 2.62 bits per heavy atom. The molecule has 0 saturated heterocycles. The molecule has 4 amide bonds. The molecule has 0 fully saturated rings. The molecule has 12 heteroatoms. The normalized spacial score (nSPS) is 20.4. The molecule has 1 rings (SSSR count). The highest BCUT2D eigenvalue weighted by Gasteiger charge is 2.43. The lowest BCUT2D eigenvalue weighted by Crippen LogP contribution is -2.65. The van der Waals surface area contributed by atoms with Gasteiger partial charge in [-0.2, -0.15) is 0 Å². The predicted octanol–water partition coefficient (Wildman–Crippen LogP) is -2.87. The SMILES string of the molecule is CN(C(=O)CC(N)CCCN=C(N)N)C1(C)CN=C(NC(N)=O)NC1=O. The van der Waals surface area contributed by atoms with E-state index in [4.69, 9.17) is 22.9 Å². The number of hydrogen-bond acceptors (Lipinski definition) is 6. The number of primary amides is 1. The average molecular weight is 369 g/mol. The summed E-state index contributed by atoms with van der Waals surface area (Å²) < 4.78 is 0. The van der Waals surface area contributed by atoms with Gasteiger partial charge in [-0.15, -0.1) is 0 Å². The Balaban J connectivity index is 2.61. The maximum absolute atomic E-state index is 12.5. The second-order valence-electron chi connectivity index (χ2n) is 6.25. The Labute approximate surface area is 151 Å². The molecule has 0 aliphatic carbocycles. The summed E-state index contributed by atoms with van der Waals surface area (Å²) in [5, 5.41) is 4.61. The van der Waals surface area contributed by atoms with Crippen LogP contribution in [0.15, 0.2) is 9.98 Å². The van der Waals surface area contributed by atoms with E-state index in [1.54, 1.807) is 6.92 Å². The van der Waals surface area contributed by atoms with E-state index in [1.807, 2.05) is 0 Å². The van der Waals surface area contributed by atoms with Crippen molar-refractivity contribution >= 4 is 29.8 Å². The summed E-state index contributed by atoms with van der Waals surface area (Å²) in [5.41, 5.74) is 20.2. The first-order chi connectivity index (χ1) is 12.1. The summed E-state index contributed by atoms with van der Waals surface area (Å²) in [7, 11) is 1.51. The minimum atomic E-state index is -1.20. The first kappa shape index (κ1) is 21.2. The zero-order valence-corrected chi connectivity index (χ0v) is 15.0. The van der Waals surface area contributed by atoms with Crippen molar-refractivity contribution in [2.45, 2.75) is 37.8 Å². The van der Waals surface area contributed by atoms with Gasteiger partial charge in [0.05, 0.1) is 6.54 Å². The fraction of sp³-hybridized carbons (Fsp3) is 0.643. The van der Waals surface area contributed by atoms with E-state index in [2.05, 4.69) is 20.6 Å². The summed E-state index contributed by atoms with van der Waals surface area (Å²) in [5.74, 6) is -0.805. The lowest BCUT2D eigenvalue weighted by molar-refractivity contribution is -0.144. The van der Waals surface area contributed by atoms with Gasteiger partial charge < -0.3 is 27.8 Å². The molecule has 0 saturated carbocycles. The zero-order valence-electron chi connectivity index (χ0n) is 15.0. The number of carbonyl (C=O) groups excluding carboxylic acids is 3. The first-order valence-corrected chi connectivity index (χ1v) is 8.06. The molecule has 0 spiro atoms. The maximum Gasteiger partial charge on any atom is 0.318 e. The van der Waals surface area contributed by atoms with Gasteiger partial charge in [-0.1, -0.05) is 0 Å². The molecule has 12 nitrogen and oxygen atoms in total. The van der Waals surface area contributed by atoms with E-state index < -0.39 is 17.5 Å². The molecule has 1 heterocycles. The lowest BCUT2D eigenvalue weighted by atomic mass is 9.96. The van der Waals surface area contributed by atoms with Gasteiger partial charge in [-0.3, -0.25) is 25.2 Å². The molecule has 0 radical (unpaired) electrons. The van der Waals surface area contributed by atoms with Crippen LogP contribution in [0.5, 0.6) is 0 Å². The highest BCUT2D eigenvalue weighted by atomic mass is 16.2. The number of carbonyl (C=O) groups is 3. The minimum absolute atomic E-state index is 0.0105. The van der Waals surface area contributed by atoms with Gasteiger partial charge in [0.25, 0.3) is 5.91 Å². The molecular formula is C14H27N9O3. The highest BCUT2D eigenvalue weighted by Crippen LogP contribution is 2.19. The van der Waals surface area contributed by atoms with Crippen LogP contribution in [0.2, 0.25) is 0 Å². The third kappa shape index (κ3) is 5.88. The largest absolute Gasteiger partial charge is 0.370 e. The number of guanidine groups is 2. The van der Waals surface area contributed by atoms with Crippen LogP contribution in [0.1, 0.15) is 26.2 Å². The van der Waals surface area contributed by atoms with Crippen molar-refractivity contribution in [1.82, 2.24) is 15.5 Å². The first-order valence-electron chi connectivity index (χ1n) is 8.06. The number of aliphatic imine (C=N–C) groups is 2. The number of rotatable bonds is 7. The Morgan fingerprint density at radius 2 is 2.08 bits per heavy atom. The molecule has 10 N–H and O–H groups in total. The summed E-state index contributed by atoms with van der Waals surface area (Å²) in [6.07, 6.45) is 1.27. The predicted molar refractivity (Wildman–Crippen MR) is 96.8 cm³/mol. The van der Waals surface area contributed by atoms with Crippen LogP contribution in [0.25, 0.3) is 0 Å². The van der Waals surface area contributed by atoms with Crippen LogP contribution < -0.4 is 33.6 Å². The zero-order chi connectivity index (χ0) is 19.9. The van der Waals surface area contributed by atoms with Gasteiger partial charge in [0, 0.05) is 26.1 Å². The Hall–Kier alpha value is -2.89. The summed E-state index contributed by atoms with van der Waals surface area (Å²) >= 11 is 0. The van der Waals surface area contributed by atoms with E-state index in [-0.39, 0.29) is 36.8 Å². The molecule has 0 aromatic carbocycles. The molecule has 0 aromatic heterocycles. The Morgan fingerprint density at radius 1 is 1.42 bits per heavy atom. The van der Waals surface area contributed by atoms with Crippen LogP contribution in [-0.4, -0.2) is 66.4 Å². The third-order valence-corrected chi connectivity index (χ3v) is 4.09. The van der Waals surface area contributed by atoms with Crippen molar-refractivity contribution in [3.05, 3.63) is 0 Å². The van der Waals surface area contributed by atoms with Gasteiger partial charge >= 0.3 is 6.03 Å². The number of urea groups is 1.